The Morgan fingerprint density at radius 2 is 2.24 bits per heavy atom. The molecular weight excluding hydrogens is 238 g/mol. The van der Waals surface area contributed by atoms with Gasteiger partial charge in [-0.2, -0.15) is 5.26 Å². The standard InChI is InChI=1S/C11H14ClN5/c1-8-9(7-13)16-10(12)11(15-8)14-3-6-17-4-2-5-17/h2-6H2,1H3,(H,14,15). The zero-order valence-corrected chi connectivity index (χ0v) is 10.5. The summed E-state index contributed by atoms with van der Waals surface area (Å²) in [6, 6.07) is 1.96. The third-order valence-corrected chi connectivity index (χ3v) is 3.07. The summed E-state index contributed by atoms with van der Waals surface area (Å²) >= 11 is 5.94. The number of nitriles is 1. The molecule has 1 saturated heterocycles. The molecule has 5 nitrogen and oxygen atoms in total. The average Bonchev–Trinajstić information content (AvgIpc) is 2.25. The highest BCUT2D eigenvalue weighted by atomic mass is 35.5. The molecule has 0 atom stereocenters. The van der Waals surface area contributed by atoms with E-state index in [0.29, 0.717) is 11.5 Å². The van der Waals surface area contributed by atoms with E-state index in [1.54, 1.807) is 6.92 Å². The Labute approximate surface area is 105 Å². The summed E-state index contributed by atoms with van der Waals surface area (Å²) in [4.78, 5) is 10.6. The quantitative estimate of drug-likeness (QED) is 0.877. The summed E-state index contributed by atoms with van der Waals surface area (Å²) in [7, 11) is 0. The van der Waals surface area contributed by atoms with E-state index in [1.165, 1.54) is 19.5 Å². The molecule has 1 aliphatic rings. The van der Waals surface area contributed by atoms with Crippen molar-refractivity contribution in [2.75, 3.05) is 31.5 Å². The molecule has 0 spiro atoms. The molecule has 0 radical (unpaired) electrons. The van der Waals surface area contributed by atoms with Crippen LogP contribution in [0.15, 0.2) is 0 Å². The third-order valence-electron chi connectivity index (χ3n) is 2.80. The molecule has 1 N–H and O–H groups in total. The normalized spacial score (nSPS) is 15.1. The molecule has 1 fully saturated rings. The highest BCUT2D eigenvalue weighted by Crippen LogP contribution is 2.18. The number of hydrogen-bond acceptors (Lipinski definition) is 5. The van der Waals surface area contributed by atoms with Crippen molar-refractivity contribution in [3.63, 3.8) is 0 Å². The lowest BCUT2D eigenvalue weighted by atomic mass is 10.2. The van der Waals surface area contributed by atoms with Crippen molar-refractivity contribution in [1.29, 1.82) is 5.26 Å². The maximum atomic E-state index is 8.78. The van der Waals surface area contributed by atoms with Crippen molar-refractivity contribution < 1.29 is 0 Å². The summed E-state index contributed by atoms with van der Waals surface area (Å²) in [5.74, 6) is 0.559. The fraction of sp³-hybridized carbons (Fsp3) is 0.545. The van der Waals surface area contributed by atoms with Gasteiger partial charge in [0.1, 0.15) is 6.07 Å². The van der Waals surface area contributed by atoms with Crippen LogP contribution < -0.4 is 5.32 Å². The van der Waals surface area contributed by atoms with Gasteiger partial charge in [-0.25, -0.2) is 9.97 Å². The van der Waals surface area contributed by atoms with Crippen molar-refractivity contribution in [3.8, 4) is 6.07 Å². The average molecular weight is 252 g/mol. The predicted octanol–water partition coefficient (Wildman–Crippen LogP) is 1.43. The molecule has 0 aliphatic carbocycles. The Bertz CT molecular complexity index is 450. The van der Waals surface area contributed by atoms with E-state index in [9.17, 15) is 0 Å². The number of nitrogens with one attached hydrogen (secondary N) is 1. The van der Waals surface area contributed by atoms with Gasteiger partial charge in [-0.05, 0) is 26.4 Å². The second kappa shape index (κ2) is 5.30. The van der Waals surface area contributed by atoms with Crippen molar-refractivity contribution in [3.05, 3.63) is 16.5 Å². The molecule has 0 unspecified atom stereocenters. The zero-order chi connectivity index (χ0) is 12.3. The van der Waals surface area contributed by atoms with E-state index >= 15 is 0 Å². The Hall–Kier alpha value is -1.38. The minimum Gasteiger partial charge on any atom is -0.366 e. The topological polar surface area (TPSA) is 64.8 Å². The van der Waals surface area contributed by atoms with Crippen LogP contribution in [0.1, 0.15) is 17.8 Å². The molecule has 1 aromatic heterocycles. The molecule has 6 heteroatoms. The van der Waals surface area contributed by atoms with Gasteiger partial charge in [0, 0.05) is 13.1 Å². The molecule has 90 valence electrons. The fourth-order valence-electron chi connectivity index (χ4n) is 1.65. The SMILES string of the molecule is Cc1nc(NCCN2CCC2)c(Cl)nc1C#N. The highest BCUT2D eigenvalue weighted by molar-refractivity contribution is 6.31. The second-order valence-corrected chi connectivity index (χ2v) is 4.39. The number of anilines is 1. The fourth-order valence-corrected chi connectivity index (χ4v) is 1.85. The third kappa shape index (κ3) is 2.84. The number of likely N-dealkylation sites (tertiary alicyclic amines) is 1. The van der Waals surface area contributed by atoms with E-state index in [4.69, 9.17) is 16.9 Å². The van der Waals surface area contributed by atoms with Crippen LogP contribution in [0.4, 0.5) is 5.82 Å². The van der Waals surface area contributed by atoms with Crippen LogP contribution in [0.25, 0.3) is 0 Å². The lowest BCUT2D eigenvalue weighted by molar-refractivity contribution is 0.189. The number of hydrogen-bond donors (Lipinski definition) is 1. The Morgan fingerprint density at radius 3 is 2.82 bits per heavy atom. The molecule has 0 aromatic carbocycles. The first-order valence-electron chi connectivity index (χ1n) is 5.61. The van der Waals surface area contributed by atoms with Crippen molar-refractivity contribution in [2.45, 2.75) is 13.3 Å². The number of rotatable bonds is 4. The van der Waals surface area contributed by atoms with Crippen LogP contribution in [0, 0.1) is 18.3 Å². The van der Waals surface area contributed by atoms with Crippen LogP contribution in [0.3, 0.4) is 0 Å². The van der Waals surface area contributed by atoms with Crippen LogP contribution in [0.5, 0.6) is 0 Å². The van der Waals surface area contributed by atoms with E-state index < -0.39 is 0 Å². The Kier molecular flexibility index (Phi) is 3.77. The summed E-state index contributed by atoms with van der Waals surface area (Å²) in [5, 5.41) is 12.2. The summed E-state index contributed by atoms with van der Waals surface area (Å²) < 4.78 is 0. The van der Waals surface area contributed by atoms with Gasteiger partial charge in [-0.15, -0.1) is 0 Å². The molecule has 0 saturated carbocycles. The maximum Gasteiger partial charge on any atom is 0.172 e. The summed E-state index contributed by atoms with van der Waals surface area (Å²) in [5.41, 5.74) is 0.881. The molecule has 17 heavy (non-hydrogen) atoms. The first kappa shape index (κ1) is 12.1. The van der Waals surface area contributed by atoms with Gasteiger partial charge >= 0.3 is 0 Å². The molecule has 2 rings (SSSR count). The number of aromatic nitrogens is 2. The van der Waals surface area contributed by atoms with Gasteiger partial charge < -0.3 is 10.2 Å². The maximum absolute atomic E-state index is 8.78. The molecule has 0 bridgehead atoms. The lowest BCUT2D eigenvalue weighted by Gasteiger charge is -2.30. The number of nitrogens with zero attached hydrogens (tertiary/aromatic N) is 4. The zero-order valence-electron chi connectivity index (χ0n) is 9.70. The minimum atomic E-state index is 0.260. The molecular formula is C11H14ClN5. The van der Waals surface area contributed by atoms with Crippen LogP contribution in [-0.2, 0) is 0 Å². The number of aryl methyl sites for hydroxylation is 1. The lowest BCUT2D eigenvalue weighted by Crippen LogP contribution is -2.40. The van der Waals surface area contributed by atoms with Gasteiger partial charge in [-0.3, -0.25) is 0 Å². The predicted molar refractivity (Wildman–Crippen MR) is 66.0 cm³/mol. The van der Waals surface area contributed by atoms with Crippen molar-refractivity contribution in [1.82, 2.24) is 14.9 Å². The van der Waals surface area contributed by atoms with E-state index in [1.807, 2.05) is 6.07 Å². The van der Waals surface area contributed by atoms with E-state index in [-0.39, 0.29) is 10.8 Å². The highest BCUT2D eigenvalue weighted by Gasteiger charge is 2.13. The molecule has 1 aliphatic heterocycles. The number of halogens is 1. The first-order chi connectivity index (χ1) is 8.20. The summed E-state index contributed by atoms with van der Waals surface area (Å²) in [6.07, 6.45) is 1.29. The van der Waals surface area contributed by atoms with Crippen molar-refractivity contribution in [2.24, 2.45) is 0 Å². The van der Waals surface area contributed by atoms with Gasteiger partial charge in [-0.1, -0.05) is 11.6 Å². The molecule has 0 amide bonds. The van der Waals surface area contributed by atoms with E-state index in [0.717, 1.165) is 13.1 Å². The smallest absolute Gasteiger partial charge is 0.172 e. The Morgan fingerprint density at radius 1 is 1.47 bits per heavy atom. The van der Waals surface area contributed by atoms with Crippen LogP contribution >= 0.6 is 11.6 Å². The van der Waals surface area contributed by atoms with Crippen LogP contribution in [0.2, 0.25) is 5.15 Å². The van der Waals surface area contributed by atoms with Gasteiger partial charge in [0.25, 0.3) is 0 Å². The first-order valence-corrected chi connectivity index (χ1v) is 5.99. The van der Waals surface area contributed by atoms with Gasteiger partial charge in [0.2, 0.25) is 0 Å². The van der Waals surface area contributed by atoms with Gasteiger partial charge in [0.15, 0.2) is 16.7 Å². The largest absolute Gasteiger partial charge is 0.366 e. The van der Waals surface area contributed by atoms with Gasteiger partial charge in [0.05, 0.1) is 5.69 Å². The minimum absolute atomic E-state index is 0.260. The van der Waals surface area contributed by atoms with Crippen molar-refractivity contribution >= 4 is 17.4 Å². The monoisotopic (exact) mass is 251 g/mol. The second-order valence-electron chi connectivity index (χ2n) is 4.03. The van der Waals surface area contributed by atoms with E-state index in [2.05, 4.69) is 20.2 Å². The molecule has 2 heterocycles. The summed E-state index contributed by atoms with van der Waals surface area (Å²) in [6.45, 7) is 5.88. The molecule has 1 aromatic rings. The Balaban J connectivity index is 1.95. The van der Waals surface area contributed by atoms with Crippen LogP contribution in [-0.4, -0.2) is 41.0 Å².